The first-order chi connectivity index (χ1) is 7.62. The lowest BCUT2D eigenvalue weighted by molar-refractivity contribution is 0.654. The Kier molecular flexibility index (Phi) is 2.59. The fraction of sp³-hybridized carbons (Fsp3) is 0.250. The molecule has 0 heteroatoms. The van der Waals surface area contributed by atoms with Crippen molar-refractivity contribution >= 4 is 5.57 Å². The maximum atomic E-state index is 3.96. The van der Waals surface area contributed by atoms with Gasteiger partial charge in [-0.05, 0) is 29.2 Å². The molecule has 0 radical (unpaired) electrons. The molecular formula is C16H18. The quantitative estimate of drug-likeness (QED) is 0.674. The molecule has 1 aliphatic carbocycles. The minimum Gasteiger partial charge on any atom is -0.0987 e. The van der Waals surface area contributed by atoms with E-state index in [1.54, 1.807) is 0 Å². The molecule has 0 heterocycles. The van der Waals surface area contributed by atoms with E-state index in [0.29, 0.717) is 0 Å². The van der Waals surface area contributed by atoms with Gasteiger partial charge in [-0.1, -0.05) is 62.9 Å². The average molecular weight is 210 g/mol. The average Bonchev–Trinajstić information content (AvgIpc) is 2.49. The van der Waals surface area contributed by atoms with E-state index in [1.807, 2.05) is 6.08 Å². The number of fused-ring (bicyclic) bond motifs is 1. The summed E-state index contributed by atoms with van der Waals surface area (Å²) < 4.78 is 0. The highest BCUT2D eigenvalue weighted by atomic mass is 14.4. The Balaban J connectivity index is 2.75. The van der Waals surface area contributed by atoms with Gasteiger partial charge < -0.3 is 0 Å². The van der Waals surface area contributed by atoms with Gasteiger partial charge in [0.1, 0.15) is 0 Å². The van der Waals surface area contributed by atoms with E-state index in [2.05, 4.69) is 63.8 Å². The largest absolute Gasteiger partial charge is 0.0987 e. The van der Waals surface area contributed by atoms with E-state index < -0.39 is 0 Å². The zero-order chi connectivity index (χ0) is 11.8. The highest BCUT2D eigenvalue weighted by Crippen LogP contribution is 2.46. The van der Waals surface area contributed by atoms with Crippen LogP contribution in [0.3, 0.4) is 0 Å². The Hall–Kier alpha value is -1.56. The Labute approximate surface area is 98.0 Å². The van der Waals surface area contributed by atoms with Crippen LogP contribution in [0.2, 0.25) is 0 Å². The van der Waals surface area contributed by atoms with Crippen LogP contribution >= 0.6 is 0 Å². The first kappa shape index (κ1) is 10.9. The van der Waals surface area contributed by atoms with Gasteiger partial charge in [0, 0.05) is 5.41 Å². The molecule has 1 aromatic rings. The number of allylic oxidation sites excluding steroid dienone is 5. The van der Waals surface area contributed by atoms with Crippen LogP contribution in [0.1, 0.15) is 31.9 Å². The van der Waals surface area contributed by atoms with Crippen molar-refractivity contribution in [3.63, 3.8) is 0 Å². The van der Waals surface area contributed by atoms with Crippen molar-refractivity contribution in [1.82, 2.24) is 0 Å². The fourth-order valence-electron chi connectivity index (χ4n) is 2.60. The lowest BCUT2D eigenvalue weighted by Crippen LogP contribution is -2.15. The van der Waals surface area contributed by atoms with Crippen molar-refractivity contribution in [3.8, 4) is 0 Å². The summed E-state index contributed by atoms with van der Waals surface area (Å²) in [6.07, 6.45) is 6.27. The van der Waals surface area contributed by atoms with Gasteiger partial charge in [0.25, 0.3) is 0 Å². The van der Waals surface area contributed by atoms with Crippen molar-refractivity contribution in [2.75, 3.05) is 0 Å². The summed E-state index contributed by atoms with van der Waals surface area (Å²) in [5, 5.41) is 0. The van der Waals surface area contributed by atoms with E-state index in [0.717, 1.165) is 0 Å². The molecule has 0 saturated heterocycles. The minimum atomic E-state index is 0.0766. The highest BCUT2D eigenvalue weighted by molar-refractivity contribution is 5.87. The topological polar surface area (TPSA) is 0 Å². The highest BCUT2D eigenvalue weighted by Gasteiger charge is 2.34. The zero-order valence-electron chi connectivity index (χ0n) is 10.2. The van der Waals surface area contributed by atoms with E-state index >= 15 is 0 Å². The normalized spacial score (nSPS) is 17.9. The van der Waals surface area contributed by atoms with Gasteiger partial charge >= 0.3 is 0 Å². The van der Waals surface area contributed by atoms with E-state index in [1.165, 1.54) is 22.3 Å². The zero-order valence-corrected chi connectivity index (χ0v) is 10.2. The second-order valence-corrected chi connectivity index (χ2v) is 4.70. The third kappa shape index (κ3) is 1.37. The fourth-order valence-corrected chi connectivity index (χ4v) is 2.60. The van der Waals surface area contributed by atoms with Gasteiger partial charge in [-0.2, -0.15) is 0 Å². The molecule has 0 unspecified atom stereocenters. The summed E-state index contributed by atoms with van der Waals surface area (Å²) in [4.78, 5) is 0. The molecule has 2 rings (SSSR count). The summed E-state index contributed by atoms with van der Waals surface area (Å²) >= 11 is 0. The second kappa shape index (κ2) is 3.79. The van der Waals surface area contributed by atoms with Crippen molar-refractivity contribution in [2.24, 2.45) is 0 Å². The van der Waals surface area contributed by atoms with Crippen LogP contribution in [0.25, 0.3) is 5.57 Å². The maximum Gasteiger partial charge on any atom is 0.0158 e. The molecule has 0 aromatic heterocycles. The Morgan fingerprint density at radius 2 is 1.88 bits per heavy atom. The molecule has 0 spiro atoms. The van der Waals surface area contributed by atoms with Crippen LogP contribution in [0, 0.1) is 0 Å². The Morgan fingerprint density at radius 1 is 1.19 bits per heavy atom. The van der Waals surface area contributed by atoms with E-state index in [-0.39, 0.29) is 5.41 Å². The molecule has 0 nitrogen and oxygen atoms in total. The molecule has 0 atom stereocenters. The second-order valence-electron chi connectivity index (χ2n) is 4.70. The number of hydrogen-bond donors (Lipinski definition) is 0. The summed E-state index contributed by atoms with van der Waals surface area (Å²) in [6.45, 7) is 10.5. The molecule has 1 aromatic carbocycles. The van der Waals surface area contributed by atoms with Crippen LogP contribution in [-0.4, -0.2) is 0 Å². The van der Waals surface area contributed by atoms with Crippen LogP contribution in [0.4, 0.5) is 0 Å². The number of benzene rings is 1. The third-order valence-corrected chi connectivity index (χ3v) is 3.39. The first-order valence-corrected chi connectivity index (χ1v) is 5.72. The van der Waals surface area contributed by atoms with E-state index in [9.17, 15) is 0 Å². The SMILES string of the molecule is C=CC1=C(/C=C\C)c2ccccc2C1(C)C. The van der Waals surface area contributed by atoms with Gasteiger partial charge in [0.15, 0.2) is 0 Å². The lowest BCUT2D eigenvalue weighted by atomic mass is 9.81. The molecule has 0 bridgehead atoms. The van der Waals surface area contributed by atoms with Gasteiger partial charge in [-0.25, -0.2) is 0 Å². The summed E-state index contributed by atoms with van der Waals surface area (Å²) in [5.74, 6) is 0. The molecule has 0 amide bonds. The number of hydrogen-bond acceptors (Lipinski definition) is 0. The van der Waals surface area contributed by atoms with Crippen molar-refractivity contribution in [3.05, 3.63) is 65.8 Å². The third-order valence-electron chi connectivity index (χ3n) is 3.39. The molecule has 0 N–H and O–H groups in total. The molecular weight excluding hydrogens is 192 g/mol. The maximum absolute atomic E-state index is 3.96. The summed E-state index contributed by atoms with van der Waals surface area (Å²) in [5.41, 5.74) is 5.47. The van der Waals surface area contributed by atoms with Crippen molar-refractivity contribution in [2.45, 2.75) is 26.2 Å². The minimum absolute atomic E-state index is 0.0766. The predicted molar refractivity (Wildman–Crippen MR) is 71.4 cm³/mol. The van der Waals surface area contributed by atoms with Crippen molar-refractivity contribution in [1.29, 1.82) is 0 Å². The number of rotatable bonds is 2. The molecule has 0 fully saturated rings. The van der Waals surface area contributed by atoms with Crippen LogP contribution in [0.5, 0.6) is 0 Å². The van der Waals surface area contributed by atoms with Crippen LogP contribution in [-0.2, 0) is 5.41 Å². The van der Waals surface area contributed by atoms with Crippen LogP contribution in [0.15, 0.2) is 54.6 Å². The van der Waals surface area contributed by atoms with Gasteiger partial charge in [0.05, 0.1) is 0 Å². The predicted octanol–water partition coefficient (Wildman–Crippen LogP) is 4.49. The standard InChI is InChI=1S/C16H18/c1-5-9-12-13-10-7-8-11-15(13)16(3,4)14(12)6-2/h5-11H,2H2,1,3-4H3/b9-5-. The van der Waals surface area contributed by atoms with Crippen molar-refractivity contribution < 1.29 is 0 Å². The summed E-state index contributed by atoms with van der Waals surface area (Å²) in [7, 11) is 0. The first-order valence-electron chi connectivity index (χ1n) is 5.72. The molecule has 0 saturated carbocycles. The van der Waals surface area contributed by atoms with Gasteiger partial charge in [-0.15, -0.1) is 0 Å². The molecule has 1 aliphatic rings. The van der Waals surface area contributed by atoms with Gasteiger partial charge in [0.2, 0.25) is 0 Å². The summed E-state index contributed by atoms with van der Waals surface area (Å²) in [6, 6.07) is 8.63. The molecule has 16 heavy (non-hydrogen) atoms. The smallest absolute Gasteiger partial charge is 0.0158 e. The molecule has 0 aliphatic heterocycles. The Bertz CT molecular complexity index is 485. The van der Waals surface area contributed by atoms with Crippen LogP contribution < -0.4 is 0 Å². The lowest BCUT2D eigenvalue weighted by Gasteiger charge is -2.22. The molecule has 82 valence electrons. The Morgan fingerprint density at radius 3 is 2.50 bits per heavy atom. The van der Waals surface area contributed by atoms with E-state index in [4.69, 9.17) is 0 Å². The monoisotopic (exact) mass is 210 g/mol. The van der Waals surface area contributed by atoms with Gasteiger partial charge in [-0.3, -0.25) is 0 Å².